The Kier molecular flexibility index (Phi) is 4.67. The molecular formula is C9H12BrN3O4. The number of halogens is 1. The fourth-order valence-corrected chi connectivity index (χ4v) is 1.68. The Morgan fingerprint density at radius 2 is 2.00 bits per heavy atom. The first-order chi connectivity index (χ1) is 7.99. The molecule has 1 aromatic rings. The first-order valence-electron chi connectivity index (χ1n) is 4.67. The fraction of sp³-hybridized carbons (Fsp3) is 0.333. The van der Waals surface area contributed by atoms with Gasteiger partial charge in [0.25, 0.3) is 5.56 Å². The van der Waals surface area contributed by atoms with Crippen molar-refractivity contribution < 1.29 is 10.2 Å². The average molecular weight is 306 g/mol. The molecular weight excluding hydrogens is 294 g/mol. The first kappa shape index (κ1) is 13.7. The van der Waals surface area contributed by atoms with E-state index in [-0.39, 0.29) is 25.6 Å². The Hall–Kier alpha value is -1.38. The number of hydrogen-bond donors (Lipinski definition) is 4. The molecule has 0 aliphatic heterocycles. The van der Waals surface area contributed by atoms with E-state index in [2.05, 4.69) is 20.9 Å². The summed E-state index contributed by atoms with van der Waals surface area (Å²) < 4.78 is 1.54. The first-order valence-corrected chi connectivity index (χ1v) is 5.46. The molecule has 0 bridgehead atoms. The van der Waals surface area contributed by atoms with Crippen molar-refractivity contribution in [1.29, 1.82) is 0 Å². The normalized spacial score (nSPS) is 10.3. The summed E-state index contributed by atoms with van der Waals surface area (Å²) in [5, 5.41) is 17.9. The molecule has 0 aliphatic carbocycles. The fourth-order valence-electron chi connectivity index (χ4n) is 1.17. The van der Waals surface area contributed by atoms with Gasteiger partial charge in [0, 0.05) is 10.5 Å². The van der Waals surface area contributed by atoms with Crippen molar-refractivity contribution >= 4 is 21.7 Å². The number of nitrogens with zero attached hydrogens (tertiary/aromatic N) is 1. The van der Waals surface area contributed by atoms with Crippen LogP contribution >= 0.6 is 15.9 Å². The highest BCUT2D eigenvalue weighted by Crippen LogP contribution is 2.14. The topological polar surface area (TPSA) is 121 Å². The third kappa shape index (κ3) is 3.29. The maximum Gasteiger partial charge on any atom is 0.330 e. The predicted octanol–water partition coefficient (Wildman–Crippen LogP) is -1.25. The number of anilines is 1. The monoisotopic (exact) mass is 305 g/mol. The number of rotatable bonds is 4. The molecule has 1 rings (SSSR count). The number of nitrogens with one attached hydrogen (secondary N) is 1. The van der Waals surface area contributed by atoms with Crippen molar-refractivity contribution in [3.05, 3.63) is 37.0 Å². The largest absolute Gasteiger partial charge is 0.392 e. The summed E-state index contributed by atoms with van der Waals surface area (Å²) in [6.07, 6.45) is 0. The average Bonchev–Trinajstić information content (AvgIpc) is 2.25. The van der Waals surface area contributed by atoms with E-state index in [4.69, 9.17) is 15.9 Å². The molecule has 17 heavy (non-hydrogen) atoms. The van der Waals surface area contributed by atoms with Gasteiger partial charge in [-0.25, -0.2) is 4.79 Å². The zero-order valence-corrected chi connectivity index (χ0v) is 10.4. The number of allylic oxidation sites excluding steroid dienone is 1. The minimum atomic E-state index is -0.651. The zero-order chi connectivity index (χ0) is 13.0. The number of aromatic nitrogens is 2. The van der Waals surface area contributed by atoms with E-state index >= 15 is 0 Å². The van der Waals surface area contributed by atoms with Gasteiger partial charge in [-0.1, -0.05) is 15.9 Å². The van der Waals surface area contributed by atoms with Gasteiger partial charge in [-0.2, -0.15) is 0 Å². The molecule has 94 valence electrons. The van der Waals surface area contributed by atoms with E-state index in [1.165, 1.54) is 0 Å². The SMILES string of the molecule is Nc1cc(=O)[nH]c(=O)n1CC(Br)=C(CO)CO. The van der Waals surface area contributed by atoms with Gasteiger partial charge in [0.05, 0.1) is 19.8 Å². The van der Waals surface area contributed by atoms with Crippen LogP contribution in [0.3, 0.4) is 0 Å². The number of aromatic amines is 1. The molecule has 0 amide bonds. The van der Waals surface area contributed by atoms with Crippen LogP contribution in [-0.2, 0) is 6.54 Å². The van der Waals surface area contributed by atoms with Crippen molar-refractivity contribution in [3.8, 4) is 0 Å². The number of hydrogen-bond acceptors (Lipinski definition) is 5. The molecule has 7 nitrogen and oxygen atoms in total. The summed E-state index contributed by atoms with van der Waals surface area (Å²) in [5.41, 5.74) is 4.64. The second-order valence-corrected chi connectivity index (χ2v) is 4.23. The highest BCUT2D eigenvalue weighted by molar-refractivity contribution is 9.11. The highest BCUT2D eigenvalue weighted by Gasteiger charge is 2.07. The van der Waals surface area contributed by atoms with E-state index in [1.54, 1.807) is 0 Å². The van der Waals surface area contributed by atoms with Gasteiger partial charge in [0.2, 0.25) is 0 Å². The van der Waals surface area contributed by atoms with E-state index in [1.807, 2.05) is 0 Å². The summed E-state index contributed by atoms with van der Waals surface area (Å²) in [5.74, 6) is 0.00549. The van der Waals surface area contributed by atoms with Gasteiger partial charge >= 0.3 is 5.69 Å². The van der Waals surface area contributed by atoms with Gasteiger partial charge in [-0.15, -0.1) is 0 Å². The number of H-pyrrole nitrogens is 1. The minimum absolute atomic E-state index is 0.00549. The highest BCUT2D eigenvalue weighted by atomic mass is 79.9. The van der Waals surface area contributed by atoms with E-state index in [0.717, 1.165) is 10.6 Å². The lowest BCUT2D eigenvalue weighted by molar-refractivity contribution is 0.275. The number of aliphatic hydroxyl groups is 2. The molecule has 0 unspecified atom stereocenters. The van der Waals surface area contributed by atoms with Gasteiger partial charge in [0.1, 0.15) is 5.82 Å². The van der Waals surface area contributed by atoms with E-state index < -0.39 is 11.2 Å². The second-order valence-electron chi connectivity index (χ2n) is 3.27. The summed E-state index contributed by atoms with van der Waals surface area (Å²) in [6.45, 7) is -0.651. The Balaban J connectivity index is 3.17. The van der Waals surface area contributed by atoms with Crippen molar-refractivity contribution in [2.75, 3.05) is 18.9 Å². The maximum atomic E-state index is 11.5. The number of nitrogen functional groups attached to an aromatic ring is 1. The van der Waals surface area contributed by atoms with Crippen molar-refractivity contribution in [3.63, 3.8) is 0 Å². The van der Waals surface area contributed by atoms with Gasteiger partial charge < -0.3 is 15.9 Å². The van der Waals surface area contributed by atoms with Crippen molar-refractivity contribution in [1.82, 2.24) is 9.55 Å². The molecule has 1 aromatic heterocycles. The molecule has 0 atom stereocenters. The maximum absolute atomic E-state index is 11.5. The van der Waals surface area contributed by atoms with Crippen LogP contribution in [0.1, 0.15) is 0 Å². The van der Waals surface area contributed by atoms with Gasteiger partial charge in [0.15, 0.2) is 0 Å². The lowest BCUT2D eigenvalue weighted by atomic mass is 10.3. The Bertz CT molecular complexity index is 540. The van der Waals surface area contributed by atoms with Crippen LogP contribution in [-0.4, -0.2) is 33.0 Å². The van der Waals surface area contributed by atoms with Crippen LogP contribution in [0.25, 0.3) is 0 Å². The number of aliphatic hydroxyl groups excluding tert-OH is 2. The lowest BCUT2D eigenvalue weighted by Gasteiger charge is -2.10. The van der Waals surface area contributed by atoms with E-state index in [9.17, 15) is 9.59 Å². The summed E-state index contributed by atoms with van der Waals surface area (Å²) in [7, 11) is 0. The zero-order valence-electron chi connectivity index (χ0n) is 8.81. The summed E-state index contributed by atoms with van der Waals surface area (Å²) in [4.78, 5) is 24.5. The molecule has 0 aliphatic rings. The molecule has 0 radical (unpaired) electrons. The Morgan fingerprint density at radius 3 is 2.47 bits per heavy atom. The van der Waals surface area contributed by atoms with Gasteiger partial charge in [-0.3, -0.25) is 14.3 Å². The number of nitrogens with two attached hydrogens (primary N) is 1. The molecule has 5 N–H and O–H groups in total. The van der Waals surface area contributed by atoms with Crippen LogP contribution in [0.15, 0.2) is 25.7 Å². The van der Waals surface area contributed by atoms with Crippen LogP contribution in [0.4, 0.5) is 5.82 Å². The van der Waals surface area contributed by atoms with Crippen LogP contribution in [0.2, 0.25) is 0 Å². The molecule has 0 saturated carbocycles. The standard InChI is InChI=1S/C9H12BrN3O4/c10-6(5(3-14)4-15)2-13-7(11)1-8(16)12-9(13)17/h1,14-15H,2-4,11H2,(H,12,16,17). The van der Waals surface area contributed by atoms with E-state index in [0.29, 0.717) is 10.1 Å². The van der Waals surface area contributed by atoms with Crippen LogP contribution < -0.4 is 17.0 Å². The lowest BCUT2D eigenvalue weighted by Crippen LogP contribution is -2.31. The smallest absolute Gasteiger partial charge is 0.330 e. The molecule has 0 aromatic carbocycles. The third-order valence-electron chi connectivity index (χ3n) is 2.13. The third-order valence-corrected chi connectivity index (χ3v) is 2.94. The molecule has 8 heteroatoms. The molecule has 0 spiro atoms. The van der Waals surface area contributed by atoms with Gasteiger partial charge in [-0.05, 0) is 5.57 Å². The van der Waals surface area contributed by atoms with Crippen LogP contribution in [0, 0.1) is 0 Å². The molecule has 1 heterocycles. The van der Waals surface area contributed by atoms with Crippen molar-refractivity contribution in [2.24, 2.45) is 0 Å². The molecule has 0 fully saturated rings. The Morgan fingerprint density at radius 1 is 1.41 bits per heavy atom. The molecule has 0 saturated heterocycles. The minimum Gasteiger partial charge on any atom is -0.392 e. The predicted molar refractivity (Wildman–Crippen MR) is 65.9 cm³/mol. The second kappa shape index (κ2) is 5.80. The summed E-state index contributed by atoms with van der Waals surface area (Å²) in [6, 6.07) is 1.08. The quantitative estimate of drug-likeness (QED) is 0.554. The van der Waals surface area contributed by atoms with Crippen LogP contribution in [0.5, 0.6) is 0 Å². The van der Waals surface area contributed by atoms with Crippen molar-refractivity contribution in [2.45, 2.75) is 6.54 Å². The summed E-state index contributed by atoms with van der Waals surface area (Å²) >= 11 is 3.14. The Labute approximate surface area is 104 Å².